The molecule has 1 aromatic carbocycles. The number of esters is 1. The molecule has 1 aliphatic rings. The molecule has 1 heterocycles. The summed E-state index contributed by atoms with van der Waals surface area (Å²) >= 11 is 9.44. The van der Waals surface area contributed by atoms with Crippen LogP contribution in [0.2, 0.25) is 5.02 Å². The van der Waals surface area contributed by atoms with E-state index in [1.165, 1.54) is 7.11 Å². The van der Waals surface area contributed by atoms with Crippen molar-refractivity contribution in [3.8, 4) is 0 Å². The molecule has 0 aromatic heterocycles. The zero-order chi connectivity index (χ0) is 15.1. The Kier molecular flexibility index (Phi) is 4.14. The van der Waals surface area contributed by atoms with Gasteiger partial charge < -0.3 is 14.6 Å². The molecule has 1 N–H and O–H groups in total. The van der Waals surface area contributed by atoms with Crippen LogP contribution in [-0.4, -0.2) is 24.5 Å². The molecule has 0 fully saturated rings. The van der Waals surface area contributed by atoms with Gasteiger partial charge in [0.15, 0.2) is 0 Å². The second kappa shape index (κ2) is 5.39. The van der Waals surface area contributed by atoms with Gasteiger partial charge in [-0.2, -0.15) is 0 Å². The molecule has 0 saturated heterocycles. The number of carbonyl (C=O) groups is 1. The predicted octanol–water partition coefficient (Wildman–Crippen LogP) is 3.93. The zero-order valence-electron chi connectivity index (χ0n) is 11.2. The summed E-state index contributed by atoms with van der Waals surface area (Å²) in [6.45, 7) is 3.46. The monoisotopic (exact) mass is 360 g/mol. The lowest BCUT2D eigenvalue weighted by Crippen LogP contribution is -2.42. The lowest BCUT2D eigenvalue weighted by molar-refractivity contribution is -0.195. The molecule has 0 bridgehead atoms. The van der Waals surface area contributed by atoms with Crippen LogP contribution >= 0.6 is 27.5 Å². The predicted molar refractivity (Wildman–Crippen MR) is 79.4 cm³/mol. The minimum absolute atomic E-state index is 0.0702. The molecule has 6 heteroatoms. The van der Waals surface area contributed by atoms with E-state index in [-0.39, 0.29) is 11.3 Å². The molecular weight excluding hydrogens is 348 g/mol. The smallest absolute Gasteiger partial charge is 0.344 e. The third-order valence-electron chi connectivity index (χ3n) is 3.27. The average Bonchev–Trinajstić information content (AvgIpc) is 2.36. The van der Waals surface area contributed by atoms with Crippen molar-refractivity contribution >= 4 is 39.1 Å². The van der Waals surface area contributed by atoms with Crippen molar-refractivity contribution in [1.82, 2.24) is 0 Å². The number of aliphatic hydroxyl groups excluding tert-OH is 1. The van der Waals surface area contributed by atoms with Crippen LogP contribution in [0, 0.1) is 5.41 Å². The van der Waals surface area contributed by atoms with E-state index in [0.29, 0.717) is 10.6 Å². The average molecular weight is 362 g/mol. The maximum atomic E-state index is 12.1. The molecule has 1 aliphatic heterocycles. The van der Waals surface area contributed by atoms with E-state index in [0.717, 1.165) is 4.47 Å². The summed E-state index contributed by atoms with van der Waals surface area (Å²) in [4.78, 5) is 12.1. The normalized spacial score (nSPS) is 21.9. The third-order valence-corrected chi connectivity index (χ3v) is 4.08. The van der Waals surface area contributed by atoms with E-state index in [2.05, 4.69) is 15.9 Å². The van der Waals surface area contributed by atoms with Gasteiger partial charge in [-0.15, -0.1) is 0 Å². The number of hydrogen-bond donors (Lipinski definition) is 1. The molecule has 0 radical (unpaired) electrons. The van der Waals surface area contributed by atoms with Gasteiger partial charge in [0.25, 0.3) is 0 Å². The maximum Gasteiger partial charge on any atom is 0.344 e. The van der Waals surface area contributed by atoms with Crippen molar-refractivity contribution in [3.05, 3.63) is 39.0 Å². The first-order chi connectivity index (χ1) is 9.28. The highest BCUT2D eigenvalue weighted by Crippen LogP contribution is 2.42. The van der Waals surface area contributed by atoms with Crippen LogP contribution in [0.1, 0.15) is 19.4 Å². The number of rotatable bonds is 2. The molecule has 4 nitrogen and oxygen atoms in total. The summed E-state index contributed by atoms with van der Waals surface area (Å²) in [5.74, 6) is -0.747. The second-order valence-electron chi connectivity index (χ2n) is 5.04. The Hall–Kier alpha value is -1.04. The summed E-state index contributed by atoms with van der Waals surface area (Å²) in [7, 11) is 1.42. The van der Waals surface area contributed by atoms with Gasteiger partial charge in [0.1, 0.15) is 11.3 Å². The fourth-order valence-electron chi connectivity index (χ4n) is 2.11. The van der Waals surface area contributed by atoms with Crippen molar-refractivity contribution in [3.63, 3.8) is 0 Å². The van der Waals surface area contributed by atoms with E-state index in [1.54, 1.807) is 32.0 Å². The SMILES string of the molecule is COC1OC(=O)C(c2ccc(Br)cc2Cl)=C(O)C1(C)C. The Labute approximate surface area is 130 Å². The number of carbonyl (C=O) groups excluding carboxylic acids is 1. The first-order valence-corrected chi connectivity index (χ1v) is 7.09. The Balaban J connectivity index is 2.62. The van der Waals surface area contributed by atoms with Gasteiger partial charge in [-0.05, 0) is 26.0 Å². The van der Waals surface area contributed by atoms with Crippen LogP contribution in [0.25, 0.3) is 5.57 Å². The van der Waals surface area contributed by atoms with Gasteiger partial charge in [-0.25, -0.2) is 4.79 Å². The topological polar surface area (TPSA) is 55.8 Å². The number of ether oxygens (including phenoxy) is 2. The molecule has 1 atom stereocenters. The fourth-order valence-corrected chi connectivity index (χ4v) is 2.87. The number of cyclic esters (lactones) is 1. The van der Waals surface area contributed by atoms with Crippen molar-refractivity contribution < 1.29 is 19.4 Å². The van der Waals surface area contributed by atoms with E-state index in [4.69, 9.17) is 21.1 Å². The molecule has 20 heavy (non-hydrogen) atoms. The van der Waals surface area contributed by atoms with Gasteiger partial charge in [0.05, 0.1) is 5.41 Å². The highest BCUT2D eigenvalue weighted by Gasteiger charge is 2.45. The van der Waals surface area contributed by atoms with E-state index < -0.39 is 17.7 Å². The Morgan fingerprint density at radius 3 is 2.65 bits per heavy atom. The lowest BCUT2D eigenvalue weighted by Gasteiger charge is -2.37. The summed E-state index contributed by atoms with van der Waals surface area (Å²) in [6.07, 6.45) is -0.840. The van der Waals surface area contributed by atoms with Crippen LogP contribution in [0.3, 0.4) is 0 Å². The minimum Gasteiger partial charge on any atom is -0.511 e. The molecule has 0 spiro atoms. The first kappa shape index (κ1) is 15.4. The van der Waals surface area contributed by atoms with Gasteiger partial charge in [0.2, 0.25) is 6.29 Å². The molecule has 108 valence electrons. The minimum atomic E-state index is -0.853. The summed E-state index contributed by atoms with van der Waals surface area (Å²) in [5.41, 5.74) is -0.352. The van der Waals surface area contributed by atoms with Crippen LogP contribution in [0.15, 0.2) is 28.4 Å². The largest absolute Gasteiger partial charge is 0.511 e. The highest BCUT2D eigenvalue weighted by molar-refractivity contribution is 9.10. The molecular formula is C14H14BrClO4. The van der Waals surface area contributed by atoms with Crippen LogP contribution in [-0.2, 0) is 14.3 Å². The van der Waals surface area contributed by atoms with Crippen LogP contribution in [0.5, 0.6) is 0 Å². The van der Waals surface area contributed by atoms with Crippen molar-refractivity contribution in [1.29, 1.82) is 0 Å². The van der Waals surface area contributed by atoms with E-state index >= 15 is 0 Å². The fraction of sp³-hybridized carbons (Fsp3) is 0.357. The van der Waals surface area contributed by atoms with Crippen molar-refractivity contribution in [2.45, 2.75) is 20.1 Å². The molecule has 1 aromatic rings. The standard InChI is InChI=1S/C14H14BrClO4/c1-14(2)11(17)10(12(18)20-13(14)19-3)8-5-4-7(15)6-9(8)16/h4-6,13,17H,1-3H3. The molecule has 1 unspecified atom stereocenters. The number of aliphatic hydroxyl groups is 1. The van der Waals surface area contributed by atoms with E-state index in [9.17, 15) is 9.90 Å². The highest BCUT2D eigenvalue weighted by atomic mass is 79.9. The van der Waals surface area contributed by atoms with Gasteiger partial charge >= 0.3 is 5.97 Å². The Morgan fingerprint density at radius 2 is 2.10 bits per heavy atom. The summed E-state index contributed by atoms with van der Waals surface area (Å²) in [6, 6.07) is 5.05. The first-order valence-electron chi connectivity index (χ1n) is 5.92. The number of halogens is 2. The number of methoxy groups -OCH3 is 1. The molecule has 2 rings (SSSR count). The maximum absolute atomic E-state index is 12.1. The van der Waals surface area contributed by atoms with Gasteiger partial charge in [-0.1, -0.05) is 33.6 Å². The number of benzene rings is 1. The summed E-state index contributed by atoms with van der Waals surface area (Å²) in [5, 5.41) is 10.8. The van der Waals surface area contributed by atoms with E-state index in [1.807, 2.05) is 0 Å². The van der Waals surface area contributed by atoms with Gasteiger partial charge in [0, 0.05) is 22.2 Å². The van der Waals surface area contributed by atoms with Crippen molar-refractivity contribution in [2.24, 2.45) is 5.41 Å². The second-order valence-corrected chi connectivity index (χ2v) is 6.37. The van der Waals surface area contributed by atoms with Crippen molar-refractivity contribution in [2.75, 3.05) is 7.11 Å². The van der Waals surface area contributed by atoms with Crippen LogP contribution < -0.4 is 0 Å². The number of hydrogen-bond acceptors (Lipinski definition) is 4. The molecule has 0 amide bonds. The third kappa shape index (κ3) is 2.45. The van der Waals surface area contributed by atoms with Crippen LogP contribution in [0.4, 0.5) is 0 Å². The zero-order valence-corrected chi connectivity index (χ0v) is 13.6. The molecule has 0 aliphatic carbocycles. The quantitative estimate of drug-likeness (QED) is 0.811. The molecule has 0 saturated carbocycles. The summed E-state index contributed by atoms with van der Waals surface area (Å²) < 4.78 is 11.1. The van der Waals surface area contributed by atoms with Gasteiger partial charge in [-0.3, -0.25) is 0 Å². The lowest BCUT2D eigenvalue weighted by atomic mass is 9.83. The Bertz CT molecular complexity index is 595. The Morgan fingerprint density at radius 1 is 1.45 bits per heavy atom.